The molecule has 1 saturated carbocycles. The Morgan fingerprint density at radius 2 is 1.80 bits per heavy atom. The minimum absolute atomic E-state index is 0.192. The van der Waals surface area contributed by atoms with E-state index in [-0.39, 0.29) is 11.9 Å². The van der Waals surface area contributed by atoms with Gasteiger partial charge in [-0.15, -0.1) is 0 Å². The third-order valence-corrected chi connectivity index (χ3v) is 4.11. The molecule has 134 valence electrons. The van der Waals surface area contributed by atoms with Crippen molar-refractivity contribution in [2.75, 3.05) is 7.11 Å². The average Bonchev–Trinajstić information content (AvgIpc) is 3.12. The molecule has 25 heavy (non-hydrogen) atoms. The Morgan fingerprint density at radius 3 is 2.40 bits per heavy atom. The van der Waals surface area contributed by atoms with E-state index in [1.54, 1.807) is 37.3 Å². The van der Waals surface area contributed by atoms with Gasteiger partial charge in [-0.3, -0.25) is 4.79 Å². The van der Waals surface area contributed by atoms with E-state index < -0.39 is 18.0 Å². The summed E-state index contributed by atoms with van der Waals surface area (Å²) >= 11 is 0. The molecule has 0 radical (unpaired) electrons. The first-order valence-corrected chi connectivity index (χ1v) is 8.37. The summed E-state index contributed by atoms with van der Waals surface area (Å²) in [7, 11) is 1.32. The van der Waals surface area contributed by atoms with Gasteiger partial charge in [-0.25, -0.2) is 9.59 Å². The van der Waals surface area contributed by atoms with Crippen molar-refractivity contribution < 1.29 is 23.9 Å². The van der Waals surface area contributed by atoms with Crippen molar-refractivity contribution in [3.63, 3.8) is 0 Å². The summed E-state index contributed by atoms with van der Waals surface area (Å²) in [6.07, 6.45) is 6.19. The van der Waals surface area contributed by atoms with Crippen LogP contribution in [0.1, 0.15) is 48.5 Å². The Bertz CT molecular complexity index is 644. The molecule has 0 aliphatic heterocycles. The molecule has 1 atom stereocenters. The van der Waals surface area contributed by atoms with Crippen LogP contribution in [0.15, 0.2) is 30.3 Å². The molecule has 1 aliphatic rings. The number of esters is 2. The van der Waals surface area contributed by atoms with Crippen LogP contribution >= 0.6 is 0 Å². The van der Waals surface area contributed by atoms with E-state index in [0.717, 1.165) is 31.2 Å². The van der Waals surface area contributed by atoms with Crippen molar-refractivity contribution in [2.24, 2.45) is 0 Å². The molecule has 2 rings (SSSR count). The summed E-state index contributed by atoms with van der Waals surface area (Å²) in [5.74, 6) is -1.28. The molecule has 0 saturated heterocycles. The molecule has 6 nitrogen and oxygen atoms in total. The molecule has 1 aromatic rings. The minimum atomic E-state index is -0.834. The summed E-state index contributed by atoms with van der Waals surface area (Å²) in [5, 5.41) is 2.90. The second-order valence-electron chi connectivity index (χ2n) is 6.02. The number of nitrogens with one attached hydrogen (secondary N) is 1. The monoisotopic (exact) mass is 345 g/mol. The number of hydrogen-bond donors (Lipinski definition) is 1. The zero-order chi connectivity index (χ0) is 18.2. The molecule has 1 aliphatic carbocycles. The average molecular weight is 345 g/mol. The lowest BCUT2D eigenvalue weighted by Crippen LogP contribution is -2.40. The number of carbonyl (C=O) groups is 3. The SMILES string of the molecule is COC(=O)c1ccc(/C=C/C(=O)O[C@@H](C)C(=O)NC2CCCC2)cc1. The van der Waals surface area contributed by atoms with Gasteiger partial charge < -0.3 is 14.8 Å². The minimum Gasteiger partial charge on any atom is -0.465 e. The van der Waals surface area contributed by atoms with Gasteiger partial charge in [-0.1, -0.05) is 25.0 Å². The lowest BCUT2D eigenvalue weighted by atomic mass is 10.1. The Labute approximate surface area is 147 Å². The fourth-order valence-corrected chi connectivity index (χ4v) is 2.67. The predicted molar refractivity (Wildman–Crippen MR) is 92.8 cm³/mol. The second-order valence-corrected chi connectivity index (χ2v) is 6.02. The zero-order valence-electron chi connectivity index (χ0n) is 14.5. The Morgan fingerprint density at radius 1 is 1.16 bits per heavy atom. The highest BCUT2D eigenvalue weighted by molar-refractivity contribution is 5.91. The molecule has 1 N–H and O–H groups in total. The largest absolute Gasteiger partial charge is 0.465 e. The topological polar surface area (TPSA) is 81.7 Å². The smallest absolute Gasteiger partial charge is 0.337 e. The Balaban J connectivity index is 1.82. The first-order chi connectivity index (χ1) is 12.0. The maximum absolute atomic E-state index is 12.0. The van der Waals surface area contributed by atoms with Crippen LogP contribution in [-0.2, 0) is 19.1 Å². The summed E-state index contributed by atoms with van der Waals surface area (Å²) in [6.45, 7) is 1.56. The van der Waals surface area contributed by atoms with Crippen molar-refractivity contribution in [1.29, 1.82) is 0 Å². The van der Waals surface area contributed by atoms with Crippen molar-refractivity contribution in [3.8, 4) is 0 Å². The van der Waals surface area contributed by atoms with Gasteiger partial charge in [0, 0.05) is 12.1 Å². The van der Waals surface area contributed by atoms with Crippen LogP contribution in [0.3, 0.4) is 0 Å². The first kappa shape index (κ1) is 18.7. The lowest BCUT2D eigenvalue weighted by Gasteiger charge is -2.16. The van der Waals surface area contributed by atoms with E-state index in [2.05, 4.69) is 10.1 Å². The highest BCUT2D eigenvalue weighted by Gasteiger charge is 2.22. The van der Waals surface area contributed by atoms with Crippen molar-refractivity contribution in [3.05, 3.63) is 41.5 Å². The number of benzene rings is 1. The maximum atomic E-state index is 12.0. The molecule has 1 amide bonds. The van der Waals surface area contributed by atoms with Gasteiger partial charge in [-0.2, -0.15) is 0 Å². The standard InChI is InChI=1S/C19H23NO5/c1-13(18(22)20-16-5-3-4-6-16)25-17(21)12-9-14-7-10-15(11-8-14)19(23)24-2/h7-13,16H,3-6H2,1-2H3,(H,20,22)/b12-9+/t13-/m0/s1. The van der Waals surface area contributed by atoms with Gasteiger partial charge in [-0.05, 0) is 43.5 Å². The third-order valence-electron chi connectivity index (χ3n) is 4.11. The fraction of sp³-hybridized carbons (Fsp3) is 0.421. The highest BCUT2D eigenvalue weighted by atomic mass is 16.5. The van der Waals surface area contributed by atoms with Crippen molar-refractivity contribution in [1.82, 2.24) is 5.32 Å². The number of ether oxygens (including phenoxy) is 2. The van der Waals surface area contributed by atoms with Crippen molar-refractivity contribution in [2.45, 2.75) is 44.8 Å². The lowest BCUT2D eigenvalue weighted by molar-refractivity contribution is -0.150. The van der Waals surface area contributed by atoms with Crippen LogP contribution in [-0.4, -0.2) is 37.1 Å². The van der Waals surface area contributed by atoms with Crippen LogP contribution in [0.2, 0.25) is 0 Å². The highest BCUT2D eigenvalue weighted by Crippen LogP contribution is 2.17. The molecular formula is C19H23NO5. The quantitative estimate of drug-likeness (QED) is 0.633. The summed E-state index contributed by atoms with van der Waals surface area (Å²) in [4.78, 5) is 35.2. The van der Waals surface area contributed by atoms with Crippen LogP contribution in [0.5, 0.6) is 0 Å². The molecule has 1 aromatic carbocycles. The number of rotatable bonds is 6. The van der Waals surface area contributed by atoms with Gasteiger partial charge in [0.2, 0.25) is 0 Å². The number of amides is 1. The molecular weight excluding hydrogens is 322 g/mol. The van der Waals surface area contributed by atoms with Gasteiger partial charge in [0.05, 0.1) is 12.7 Å². The van der Waals surface area contributed by atoms with Gasteiger partial charge in [0.25, 0.3) is 5.91 Å². The fourth-order valence-electron chi connectivity index (χ4n) is 2.67. The van der Waals surface area contributed by atoms with Crippen LogP contribution in [0, 0.1) is 0 Å². The Hall–Kier alpha value is -2.63. The normalized spacial score (nSPS) is 15.8. The Kier molecular flexibility index (Phi) is 6.74. The van der Waals surface area contributed by atoms with Gasteiger partial charge in [0.15, 0.2) is 6.10 Å². The number of hydrogen-bond acceptors (Lipinski definition) is 5. The molecule has 0 unspecified atom stereocenters. The molecule has 6 heteroatoms. The number of carbonyl (C=O) groups excluding carboxylic acids is 3. The zero-order valence-corrected chi connectivity index (χ0v) is 14.5. The van der Waals surface area contributed by atoms with Gasteiger partial charge in [0.1, 0.15) is 0 Å². The predicted octanol–water partition coefficient (Wildman–Crippen LogP) is 2.48. The van der Waals surface area contributed by atoms with Crippen LogP contribution < -0.4 is 5.32 Å². The van der Waals surface area contributed by atoms with E-state index in [1.165, 1.54) is 13.2 Å². The third kappa shape index (κ3) is 5.74. The van der Waals surface area contributed by atoms with Crippen LogP contribution in [0.25, 0.3) is 6.08 Å². The number of methoxy groups -OCH3 is 1. The van der Waals surface area contributed by atoms with E-state index >= 15 is 0 Å². The van der Waals surface area contributed by atoms with E-state index in [4.69, 9.17) is 4.74 Å². The molecule has 0 bridgehead atoms. The van der Waals surface area contributed by atoms with Gasteiger partial charge >= 0.3 is 11.9 Å². The summed E-state index contributed by atoms with van der Waals surface area (Å²) in [6, 6.07) is 6.78. The molecule has 0 aromatic heterocycles. The first-order valence-electron chi connectivity index (χ1n) is 8.37. The van der Waals surface area contributed by atoms with E-state index in [9.17, 15) is 14.4 Å². The van der Waals surface area contributed by atoms with Crippen molar-refractivity contribution >= 4 is 23.9 Å². The van der Waals surface area contributed by atoms with E-state index in [1.807, 2.05) is 0 Å². The maximum Gasteiger partial charge on any atom is 0.337 e. The summed E-state index contributed by atoms with van der Waals surface area (Å²) < 4.78 is 9.73. The van der Waals surface area contributed by atoms with Crippen LogP contribution in [0.4, 0.5) is 0 Å². The summed E-state index contributed by atoms with van der Waals surface area (Å²) in [5.41, 5.74) is 1.16. The molecule has 0 heterocycles. The van der Waals surface area contributed by atoms with E-state index in [0.29, 0.717) is 5.56 Å². The second kappa shape index (κ2) is 9.01. The molecule has 1 fully saturated rings. The molecule has 0 spiro atoms.